The van der Waals surface area contributed by atoms with Gasteiger partial charge in [-0.3, -0.25) is 0 Å². The fraction of sp³-hybridized carbons (Fsp3) is 0.936. The van der Waals surface area contributed by atoms with Gasteiger partial charge in [0.05, 0.1) is 38.6 Å². The van der Waals surface area contributed by atoms with Crippen molar-refractivity contribution in [2.24, 2.45) is 0 Å². The van der Waals surface area contributed by atoms with Crippen LogP contribution >= 0.6 is 0 Å². The number of hydrogen-bond acceptors (Lipinski definition) is 37. The molecule has 0 radical (unpaired) electrons. The monoisotopic (exact) mass is 1280 g/mol. The van der Waals surface area contributed by atoms with Crippen LogP contribution in [-0.4, -0.2) is 386 Å². The van der Waals surface area contributed by atoms with Gasteiger partial charge >= 0.3 is 17.9 Å². The summed E-state index contributed by atoms with van der Waals surface area (Å²) in [5, 5.41) is 226. The first kappa shape index (κ1) is 69.9. The minimum absolute atomic E-state index is 0.677. The Hall–Kier alpha value is -2.95. The topological polar surface area (TPSA) is 624 Å². The van der Waals surface area contributed by atoms with Gasteiger partial charge in [0, 0.05) is 7.11 Å². The van der Waals surface area contributed by atoms with E-state index in [0.29, 0.717) is 0 Å². The molecule has 0 spiro atoms. The van der Waals surface area contributed by atoms with E-state index in [1.165, 1.54) is 6.92 Å². The van der Waals surface area contributed by atoms with Crippen molar-refractivity contribution in [2.45, 2.75) is 241 Å². The second-order valence-electron chi connectivity index (χ2n) is 21.9. The third-order valence-corrected chi connectivity index (χ3v) is 16.1. The molecular weight excluding hydrogens is 1200 g/mol. The van der Waals surface area contributed by atoms with Gasteiger partial charge in [0.2, 0.25) is 0 Å². The quantitative estimate of drug-likeness (QED) is 0.0538. The molecular formula is C47H74O40. The number of carbonyl (C=O) groups is 3. The molecule has 0 aromatic rings. The van der Waals surface area contributed by atoms with Gasteiger partial charge in [0.1, 0.15) is 146 Å². The van der Waals surface area contributed by atoms with Crippen molar-refractivity contribution >= 4 is 17.9 Å². The first-order chi connectivity index (χ1) is 40.9. The molecule has 21 N–H and O–H groups in total. The molecule has 8 rings (SSSR count). The van der Waals surface area contributed by atoms with Gasteiger partial charge in [0.15, 0.2) is 68.6 Å². The van der Waals surface area contributed by atoms with E-state index in [-0.39, 0.29) is 0 Å². The number of hydrogen-bond donors (Lipinski definition) is 21. The zero-order valence-corrected chi connectivity index (χ0v) is 45.8. The van der Waals surface area contributed by atoms with Crippen LogP contribution in [0.1, 0.15) is 13.8 Å². The molecule has 8 aliphatic heterocycles. The average molecular weight is 1280 g/mol. The Morgan fingerprint density at radius 3 is 1.33 bits per heavy atom. The Morgan fingerprint density at radius 2 is 0.839 bits per heavy atom. The Kier molecular flexibility index (Phi) is 22.9. The lowest BCUT2D eigenvalue weighted by Crippen LogP contribution is -2.70. The van der Waals surface area contributed by atoms with Crippen LogP contribution in [0.15, 0.2) is 0 Å². The molecule has 40 nitrogen and oxygen atoms in total. The lowest BCUT2D eigenvalue weighted by Gasteiger charge is -2.52. The van der Waals surface area contributed by atoms with Crippen LogP contribution in [0.5, 0.6) is 0 Å². The normalized spacial score (nSPS) is 52.5. The number of aliphatic hydroxyl groups excluding tert-OH is 18. The van der Waals surface area contributed by atoms with Crippen LogP contribution in [0, 0.1) is 0 Å². The van der Waals surface area contributed by atoms with Crippen molar-refractivity contribution < 1.29 is 197 Å². The summed E-state index contributed by atoms with van der Waals surface area (Å²) in [7, 11) is 1.04. The highest BCUT2D eigenvalue weighted by Crippen LogP contribution is 2.42. The molecule has 502 valence electrons. The molecule has 8 fully saturated rings. The third-order valence-electron chi connectivity index (χ3n) is 16.1. The van der Waals surface area contributed by atoms with E-state index in [4.69, 9.17) is 75.8 Å². The van der Waals surface area contributed by atoms with Gasteiger partial charge in [-0.2, -0.15) is 0 Å². The second-order valence-corrected chi connectivity index (χ2v) is 21.9. The number of aliphatic carboxylic acids is 3. The van der Waals surface area contributed by atoms with Crippen molar-refractivity contribution in [3.8, 4) is 0 Å². The van der Waals surface area contributed by atoms with E-state index in [9.17, 15) is 122 Å². The summed E-state index contributed by atoms with van der Waals surface area (Å²) >= 11 is 0. The summed E-state index contributed by atoms with van der Waals surface area (Å²) in [6.45, 7) is -1.42. The van der Waals surface area contributed by atoms with Gasteiger partial charge in [-0.15, -0.1) is 0 Å². The minimum Gasteiger partial charge on any atom is -0.479 e. The van der Waals surface area contributed by atoms with Gasteiger partial charge < -0.3 is 183 Å². The summed E-state index contributed by atoms with van der Waals surface area (Å²) in [6.07, 6.45) is -78.4. The second kappa shape index (κ2) is 28.5. The van der Waals surface area contributed by atoms with E-state index in [2.05, 4.69) is 0 Å². The van der Waals surface area contributed by atoms with E-state index < -0.39 is 271 Å². The highest BCUT2D eigenvalue weighted by atomic mass is 16.8. The molecule has 0 unspecified atom stereocenters. The van der Waals surface area contributed by atoms with Crippen molar-refractivity contribution in [2.75, 3.05) is 33.5 Å². The molecule has 0 saturated carbocycles. The van der Waals surface area contributed by atoms with Crippen LogP contribution in [0.25, 0.3) is 0 Å². The summed E-state index contributed by atoms with van der Waals surface area (Å²) in [6, 6.07) is 0. The molecule has 0 aromatic heterocycles. The van der Waals surface area contributed by atoms with Crippen molar-refractivity contribution in [1.82, 2.24) is 0 Å². The van der Waals surface area contributed by atoms with E-state index in [1.54, 1.807) is 0 Å². The molecule has 37 atom stereocenters. The Morgan fingerprint density at radius 1 is 0.414 bits per heavy atom. The van der Waals surface area contributed by atoms with Crippen LogP contribution in [-0.2, 0) is 90.2 Å². The summed E-state index contributed by atoms with van der Waals surface area (Å²) < 4.78 is 93.1. The van der Waals surface area contributed by atoms with Crippen LogP contribution in [0.4, 0.5) is 0 Å². The Labute approximate surface area is 488 Å². The van der Waals surface area contributed by atoms with E-state index in [0.717, 1.165) is 14.0 Å². The molecule has 87 heavy (non-hydrogen) atoms. The lowest BCUT2D eigenvalue weighted by molar-refractivity contribution is -0.420. The van der Waals surface area contributed by atoms with Crippen molar-refractivity contribution in [1.29, 1.82) is 0 Å². The molecule has 40 heteroatoms. The number of methoxy groups -OCH3 is 1. The molecule has 0 aromatic carbocycles. The summed E-state index contributed by atoms with van der Waals surface area (Å²) in [4.78, 5) is 37.1. The summed E-state index contributed by atoms with van der Waals surface area (Å²) in [5.41, 5.74) is -2.42. The predicted molar refractivity (Wildman–Crippen MR) is 256 cm³/mol. The number of aliphatic hydroxyl groups is 18. The highest BCUT2D eigenvalue weighted by Gasteiger charge is 2.62. The van der Waals surface area contributed by atoms with Crippen LogP contribution in [0.3, 0.4) is 0 Å². The van der Waals surface area contributed by atoms with E-state index in [1.807, 2.05) is 0 Å². The predicted octanol–water partition coefficient (Wildman–Crippen LogP) is -14.2. The zero-order chi connectivity index (χ0) is 64.2. The van der Waals surface area contributed by atoms with Gasteiger partial charge in [-0.05, 0) is 13.8 Å². The molecule has 8 heterocycles. The van der Waals surface area contributed by atoms with E-state index >= 15 is 0 Å². The average Bonchev–Trinajstić information content (AvgIpc) is 1.57. The number of carboxylic acids is 3. The Bertz CT molecular complexity index is 2280. The standard InChI is InChI=1S/C47H74O40/c1-8-25(79-45-32(20(59)19(58)30(83-45)38(69)70)84-40-21(60)14(53)13(52)11(4-48)77-40)27(80-44-31(72-3)12(51)10(50)5-73-44)24(63)43(75-8)78-26-9(2)76-46(87-47(6-49)7-74-39(71)35(47)64)34(86-42-23(62)16(55)18(57)29(82-42)37(67)68)33(26)85-41-22(61)15(54)17(56)28(81-41)36(65)66/h8-35,39-46,48-64,71H,4-7H2,1-3H3,(H,65,66)(H,67,68)(H,69,70)/t8-,9-,10+,11+,12-,13-,14-,15-,16-,17+,18+,19-,20-,21+,22+,23+,24-,25+,26-,27-,28-,29-,30-,31+,32+,33+,34+,35-,39+,40+,41-,42+,43-,44+,45+,46+,47+/m0/s1. The Balaban J connectivity index is 1.20. The van der Waals surface area contributed by atoms with Crippen molar-refractivity contribution in [3.63, 3.8) is 0 Å². The highest BCUT2D eigenvalue weighted by molar-refractivity contribution is 5.74. The molecule has 0 amide bonds. The molecule has 0 aliphatic carbocycles. The van der Waals surface area contributed by atoms with Crippen molar-refractivity contribution in [3.05, 3.63) is 0 Å². The first-order valence-electron chi connectivity index (χ1n) is 27.0. The molecule has 8 saturated heterocycles. The fourth-order valence-corrected chi connectivity index (χ4v) is 11.0. The third kappa shape index (κ3) is 13.9. The maximum atomic E-state index is 12.6. The minimum atomic E-state index is -2.47. The number of rotatable bonds is 20. The van der Waals surface area contributed by atoms with Crippen LogP contribution < -0.4 is 0 Å². The lowest BCUT2D eigenvalue weighted by atomic mass is 9.94. The number of ether oxygens (including phenoxy) is 16. The summed E-state index contributed by atoms with van der Waals surface area (Å²) in [5.74, 6) is -5.80. The maximum absolute atomic E-state index is 12.6. The van der Waals surface area contributed by atoms with Gasteiger partial charge in [0.25, 0.3) is 0 Å². The largest absolute Gasteiger partial charge is 0.479 e. The first-order valence-corrected chi connectivity index (χ1v) is 27.0. The maximum Gasteiger partial charge on any atom is 0.335 e. The van der Waals surface area contributed by atoms with Crippen LogP contribution in [0.2, 0.25) is 0 Å². The smallest absolute Gasteiger partial charge is 0.335 e. The van der Waals surface area contributed by atoms with Gasteiger partial charge in [-0.1, -0.05) is 0 Å². The fourth-order valence-electron chi connectivity index (χ4n) is 11.0. The molecule has 0 bridgehead atoms. The zero-order valence-electron chi connectivity index (χ0n) is 45.8. The van der Waals surface area contributed by atoms with Gasteiger partial charge in [-0.25, -0.2) is 14.4 Å². The molecule has 8 aliphatic rings. The number of carboxylic acid groups (broad SMARTS) is 3. The SMILES string of the molecule is CO[C@H]1[C@@H](O[C@H]2[C@H](O)[C@H](O[C@@H]3[C@@H](O[C@@H]4O[C@H](C(=O)O)[C@H](O)[C@H](O)[C@H]4O)[C@@H](O[C@H]4O[C@H](C(=O)O)[C@H](O)[C@H](O)[C@H]4O)[C@@H](O[C@]4(CO)CO[C@@H](O)[C@@H]4O)O[C@H]3C)O[C@@H](C)[C@H]2O[C@@H]2O[C@H](C(=O)O)[C@@H](O)[C@H](O)[C@H]2O[C@H]2O[C@H](CO)[C@H](O)[C@H](O)[C@H]2O)OC[C@@H](O)[C@@H]1O.